The molecule has 0 aromatic heterocycles. The average molecular weight is 439 g/mol. The van der Waals surface area contributed by atoms with Crippen molar-refractivity contribution in [3.05, 3.63) is 29.3 Å². The first kappa shape index (κ1) is 22.7. The van der Waals surface area contributed by atoms with Gasteiger partial charge in [0.25, 0.3) is 0 Å². The third-order valence-electron chi connectivity index (χ3n) is 11.4. The van der Waals surface area contributed by atoms with Gasteiger partial charge < -0.3 is 15.0 Å². The van der Waals surface area contributed by atoms with Gasteiger partial charge in [0.2, 0.25) is 0 Å². The van der Waals surface area contributed by atoms with Crippen molar-refractivity contribution in [2.75, 3.05) is 27.7 Å². The van der Waals surface area contributed by atoms with Crippen molar-refractivity contribution in [1.82, 2.24) is 10.2 Å². The number of hydrogen-bond acceptors (Lipinski definition) is 3. The van der Waals surface area contributed by atoms with Gasteiger partial charge in [0.05, 0.1) is 7.11 Å². The highest BCUT2D eigenvalue weighted by Gasteiger charge is 2.59. The number of likely N-dealkylation sites (tertiary alicyclic amines) is 1. The molecule has 6 atom stereocenters. The normalized spacial score (nSPS) is 41.3. The fourth-order valence-corrected chi connectivity index (χ4v) is 8.94. The second-order valence-corrected chi connectivity index (χ2v) is 12.4. The van der Waals surface area contributed by atoms with E-state index in [2.05, 4.69) is 63.3 Å². The highest BCUT2D eigenvalue weighted by molar-refractivity contribution is 5.45. The number of nitrogens with zero attached hydrogens (tertiary/aromatic N) is 1. The van der Waals surface area contributed by atoms with Crippen molar-refractivity contribution in [2.24, 2.45) is 23.2 Å². The number of likely N-dealkylation sites (N-methyl/N-ethyl adjacent to an activating group) is 1. The third-order valence-corrected chi connectivity index (χ3v) is 11.4. The molecule has 1 heterocycles. The van der Waals surface area contributed by atoms with Gasteiger partial charge in [-0.3, -0.25) is 0 Å². The van der Waals surface area contributed by atoms with Crippen LogP contribution in [0.2, 0.25) is 0 Å². The number of rotatable bonds is 2. The highest BCUT2D eigenvalue weighted by atomic mass is 16.5. The number of hydrogen-bond donors (Lipinski definition) is 1. The summed E-state index contributed by atoms with van der Waals surface area (Å²) in [6.45, 7) is 8.55. The van der Waals surface area contributed by atoms with E-state index in [0.717, 1.165) is 29.5 Å². The smallest absolute Gasteiger partial charge is 0.119 e. The van der Waals surface area contributed by atoms with E-state index in [-0.39, 0.29) is 0 Å². The van der Waals surface area contributed by atoms with Crippen molar-refractivity contribution in [3.63, 3.8) is 0 Å². The van der Waals surface area contributed by atoms with E-state index in [1.807, 2.05) is 0 Å². The predicted molar refractivity (Wildman–Crippen MR) is 133 cm³/mol. The van der Waals surface area contributed by atoms with Crippen LogP contribution in [0.5, 0.6) is 5.75 Å². The molecule has 0 amide bonds. The van der Waals surface area contributed by atoms with Crippen LogP contribution < -0.4 is 10.1 Å². The third kappa shape index (κ3) is 3.13. The van der Waals surface area contributed by atoms with Crippen molar-refractivity contribution in [3.8, 4) is 5.75 Å². The lowest BCUT2D eigenvalue weighted by molar-refractivity contribution is 0.00274. The van der Waals surface area contributed by atoms with Crippen LogP contribution in [-0.2, 0) is 11.8 Å². The van der Waals surface area contributed by atoms with Gasteiger partial charge in [0.15, 0.2) is 0 Å². The Morgan fingerprint density at radius 3 is 2.47 bits per heavy atom. The van der Waals surface area contributed by atoms with Crippen molar-refractivity contribution in [1.29, 1.82) is 0 Å². The zero-order valence-corrected chi connectivity index (χ0v) is 21.5. The summed E-state index contributed by atoms with van der Waals surface area (Å²) in [6.07, 6.45) is 12.6. The molecule has 178 valence electrons. The summed E-state index contributed by atoms with van der Waals surface area (Å²) in [7, 11) is 6.25. The average Bonchev–Trinajstić information content (AvgIpc) is 3.38. The maximum atomic E-state index is 5.51. The zero-order valence-electron chi connectivity index (χ0n) is 21.5. The molecule has 1 N–H and O–H groups in total. The molecule has 6 rings (SSSR count). The molecule has 4 bridgehead atoms. The Morgan fingerprint density at radius 2 is 1.81 bits per heavy atom. The molecule has 1 saturated heterocycles. The first-order chi connectivity index (χ1) is 15.3. The fraction of sp³-hybridized carbons (Fsp3) is 0.793. The molecule has 4 fully saturated rings. The molecule has 3 heteroatoms. The summed E-state index contributed by atoms with van der Waals surface area (Å²) in [4.78, 5) is 2.63. The first-order valence-corrected chi connectivity index (χ1v) is 13.3. The zero-order chi connectivity index (χ0) is 22.7. The summed E-state index contributed by atoms with van der Waals surface area (Å²) in [5.74, 6) is 3.82. The van der Waals surface area contributed by atoms with Crippen LogP contribution in [0.3, 0.4) is 0 Å². The lowest BCUT2D eigenvalue weighted by Gasteiger charge is -2.58. The van der Waals surface area contributed by atoms with Crippen molar-refractivity contribution in [2.45, 2.75) is 95.6 Å². The van der Waals surface area contributed by atoms with Crippen molar-refractivity contribution < 1.29 is 4.74 Å². The molecule has 32 heavy (non-hydrogen) atoms. The molecule has 3 saturated carbocycles. The predicted octanol–water partition coefficient (Wildman–Crippen LogP) is 5.80. The van der Waals surface area contributed by atoms with Gasteiger partial charge in [-0.2, -0.15) is 0 Å². The van der Waals surface area contributed by atoms with Gasteiger partial charge in [-0.25, -0.2) is 0 Å². The summed E-state index contributed by atoms with van der Waals surface area (Å²) in [5.41, 5.74) is 4.57. The van der Waals surface area contributed by atoms with Crippen LogP contribution in [-0.4, -0.2) is 44.2 Å². The van der Waals surface area contributed by atoms with Crippen LogP contribution in [0.15, 0.2) is 18.2 Å². The molecule has 3 unspecified atom stereocenters. The Labute approximate surface area is 196 Å². The van der Waals surface area contributed by atoms with E-state index in [4.69, 9.17) is 4.74 Å². The summed E-state index contributed by atoms with van der Waals surface area (Å²) < 4.78 is 5.51. The molecule has 0 radical (unpaired) electrons. The molecule has 5 aliphatic rings. The summed E-state index contributed by atoms with van der Waals surface area (Å²) in [6, 6.07) is 7.60. The first-order valence-electron chi connectivity index (χ1n) is 13.3. The Morgan fingerprint density at radius 1 is 1.03 bits per heavy atom. The minimum atomic E-state index is 0.399. The standard InChI is InChI=1S/C18H25NO.C11H21N/c1-19-10-9-18-8-4-3-5-15(18)17(19)11-13-6-7-14(20-2)12-16(13)18;1-10(2)8-5-6-9(7-8)11(10,3)12-4/h6-7,12,15,17H,3-5,8-11H2,1-2H3;8-9,12H,5-7H2,1-4H3/t15-,17+,18+;/m1./s1. The highest BCUT2D eigenvalue weighted by Crippen LogP contribution is 2.61. The summed E-state index contributed by atoms with van der Waals surface area (Å²) >= 11 is 0. The monoisotopic (exact) mass is 438 g/mol. The van der Waals surface area contributed by atoms with Crippen LogP contribution in [0.25, 0.3) is 0 Å². The minimum Gasteiger partial charge on any atom is -0.497 e. The topological polar surface area (TPSA) is 24.5 Å². The Bertz CT molecular complexity index is 850. The van der Waals surface area contributed by atoms with E-state index in [1.54, 1.807) is 18.2 Å². The molecule has 1 aromatic carbocycles. The van der Waals surface area contributed by atoms with Crippen LogP contribution in [0.4, 0.5) is 0 Å². The number of ether oxygens (including phenoxy) is 1. The van der Waals surface area contributed by atoms with E-state index in [9.17, 15) is 0 Å². The van der Waals surface area contributed by atoms with Gasteiger partial charge in [-0.1, -0.05) is 32.8 Å². The van der Waals surface area contributed by atoms with E-state index in [0.29, 0.717) is 16.4 Å². The van der Waals surface area contributed by atoms with Gasteiger partial charge in [0.1, 0.15) is 5.75 Å². The number of piperidine rings is 1. The Hall–Kier alpha value is -1.06. The second-order valence-electron chi connectivity index (χ2n) is 12.4. The van der Waals surface area contributed by atoms with Crippen molar-refractivity contribution >= 4 is 0 Å². The maximum Gasteiger partial charge on any atom is 0.119 e. The Kier molecular flexibility index (Phi) is 5.69. The lowest BCUT2D eigenvalue weighted by atomic mass is 9.52. The largest absolute Gasteiger partial charge is 0.497 e. The van der Waals surface area contributed by atoms with Gasteiger partial charge in [-0.05, 0) is 119 Å². The van der Waals surface area contributed by atoms with Gasteiger partial charge in [-0.15, -0.1) is 0 Å². The molecular weight excluding hydrogens is 392 g/mol. The lowest BCUT2D eigenvalue weighted by Crippen LogP contribution is -2.59. The number of benzene rings is 1. The van der Waals surface area contributed by atoms with E-state index >= 15 is 0 Å². The van der Waals surface area contributed by atoms with Crippen LogP contribution in [0.1, 0.15) is 83.3 Å². The van der Waals surface area contributed by atoms with E-state index < -0.39 is 0 Å². The molecular formula is C29H46N2O. The fourth-order valence-electron chi connectivity index (χ4n) is 8.94. The number of fused-ring (bicyclic) bond motifs is 3. The molecule has 4 aliphatic carbocycles. The van der Waals surface area contributed by atoms with Crippen LogP contribution >= 0.6 is 0 Å². The second kappa shape index (κ2) is 8.01. The SMILES string of the molecule is CNC1(C)C2CCC(C2)C1(C)C.COc1ccc2c(c1)[C@]13CCCC[C@@H]1[C@H](C2)N(C)CC3. The minimum absolute atomic E-state index is 0.399. The van der Waals surface area contributed by atoms with Gasteiger partial charge in [0, 0.05) is 17.0 Å². The molecule has 1 aromatic rings. The van der Waals surface area contributed by atoms with E-state index in [1.165, 1.54) is 64.3 Å². The molecule has 1 aliphatic heterocycles. The van der Waals surface area contributed by atoms with Gasteiger partial charge >= 0.3 is 0 Å². The number of nitrogens with one attached hydrogen (secondary N) is 1. The number of methoxy groups -OCH3 is 1. The quantitative estimate of drug-likeness (QED) is 0.631. The molecule has 0 spiro atoms. The Balaban J connectivity index is 0.000000154. The summed E-state index contributed by atoms with van der Waals surface area (Å²) in [5, 5.41) is 3.56. The molecule has 3 nitrogen and oxygen atoms in total. The van der Waals surface area contributed by atoms with Crippen LogP contribution in [0, 0.1) is 23.2 Å². The maximum absolute atomic E-state index is 5.51.